The molecule has 1 atom stereocenters. The quantitative estimate of drug-likeness (QED) is 0.743. The van der Waals surface area contributed by atoms with E-state index in [4.69, 9.17) is 9.26 Å². The van der Waals surface area contributed by atoms with E-state index < -0.39 is 27.2 Å². The first-order chi connectivity index (χ1) is 13.6. The van der Waals surface area contributed by atoms with Crippen molar-refractivity contribution in [3.63, 3.8) is 0 Å². The van der Waals surface area contributed by atoms with Gasteiger partial charge in [0.1, 0.15) is 0 Å². The number of alkyl halides is 3. The van der Waals surface area contributed by atoms with E-state index in [1.54, 1.807) is 6.92 Å². The smallest absolute Gasteiger partial charge is 0.381 e. The molecule has 1 aromatic heterocycles. The second-order valence-electron chi connectivity index (χ2n) is 7.52. The van der Waals surface area contributed by atoms with Crippen molar-refractivity contribution in [1.82, 2.24) is 14.4 Å². The van der Waals surface area contributed by atoms with Crippen LogP contribution in [0.25, 0.3) is 0 Å². The van der Waals surface area contributed by atoms with Crippen molar-refractivity contribution in [2.45, 2.75) is 36.8 Å². The normalized spacial score (nSPS) is 23.0. The summed E-state index contributed by atoms with van der Waals surface area (Å²) < 4.78 is 77.3. The predicted octanol–water partition coefficient (Wildman–Crippen LogP) is 2.98. The highest BCUT2D eigenvalue weighted by molar-refractivity contribution is 7.89. The van der Waals surface area contributed by atoms with Crippen molar-refractivity contribution in [3.8, 4) is 0 Å². The Hall–Kier alpha value is -1.98. The Morgan fingerprint density at radius 2 is 1.97 bits per heavy atom. The van der Waals surface area contributed by atoms with Crippen LogP contribution in [0.5, 0.6) is 0 Å². The van der Waals surface area contributed by atoms with Crippen LogP contribution in [0.4, 0.5) is 13.2 Å². The molecule has 2 aliphatic heterocycles. The molecule has 0 saturated carbocycles. The molecular formula is C18H20F3N3O4S. The molecule has 1 spiro atoms. The molecule has 3 heterocycles. The SMILES string of the molecule is Cc1nc(C2CN(S(=O)(=O)c3cccc(C(F)(F)F)c3)CC23CCOCC3)no1. The van der Waals surface area contributed by atoms with Crippen LogP contribution in [-0.4, -0.2) is 49.2 Å². The number of rotatable bonds is 3. The van der Waals surface area contributed by atoms with E-state index in [-0.39, 0.29) is 23.9 Å². The maximum Gasteiger partial charge on any atom is 0.416 e. The van der Waals surface area contributed by atoms with Crippen molar-refractivity contribution < 1.29 is 30.8 Å². The maximum atomic E-state index is 13.2. The summed E-state index contributed by atoms with van der Waals surface area (Å²) in [4.78, 5) is 3.91. The number of benzene rings is 1. The number of nitrogens with zero attached hydrogens (tertiary/aromatic N) is 3. The van der Waals surface area contributed by atoms with Crippen LogP contribution in [0.1, 0.15) is 36.0 Å². The van der Waals surface area contributed by atoms with Gasteiger partial charge in [-0.25, -0.2) is 8.42 Å². The van der Waals surface area contributed by atoms with E-state index in [0.717, 1.165) is 12.1 Å². The summed E-state index contributed by atoms with van der Waals surface area (Å²) >= 11 is 0. The van der Waals surface area contributed by atoms with Crippen LogP contribution in [0, 0.1) is 12.3 Å². The third-order valence-corrected chi connectivity index (χ3v) is 7.57. The topological polar surface area (TPSA) is 85.5 Å². The molecule has 1 unspecified atom stereocenters. The lowest BCUT2D eigenvalue weighted by Crippen LogP contribution is -2.37. The fraction of sp³-hybridized carbons (Fsp3) is 0.556. The molecule has 0 radical (unpaired) electrons. The van der Waals surface area contributed by atoms with E-state index in [9.17, 15) is 21.6 Å². The fourth-order valence-electron chi connectivity index (χ4n) is 4.18. The zero-order valence-electron chi connectivity index (χ0n) is 15.6. The van der Waals surface area contributed by atoms with Gasteiger partial charge in [-0.2, -0.15) is 22.5 Å². The van der Waals surface area contributed by atoms with Gasteiger partial charge in [0, 0.05) is 39.1 Å². The van der Waals surface area contributed by atoms with E-state index >= 15 is 0 Å². The van der Waals surface area contributed by atoms with Gasteiger partial charge < -0.3 is 9.26 Å². The number of ether oxygens (including phenoxy) is 1. The standard InChI is InChI=1S/C18H20F3N3O4S/c1-12-22-16(23-28-12)15-10-24(11-17(15)5-7-27-8-6-17)29(25,26)14-4-2-3-13(9-14)18(19,20)21/h2-4,9,15H,5-8,10-11H2,1H3. The number of aromatic nitrogens is 2. The molecule has 2 saturated heterocycles. The lowest BCUT2D eigenvalue weighted by atomic mass is 9.72. The Bertz CT molecular complexity index is 1000. The van der Waals surface area contributed by atoms with Gasteiger partial charge in [-0.1, -0.05) is 11.2 Å². The van der Waals surface area contributed by atoms with Crippen LogP contribution in [0.2, 0.25) is 0 Å². The molecule has 0 amide bonds. The van der Waals surface area contributed by atoms with Gasteiger partial charge in [-0.15, -0.1) is 0 Å². The zero-order chi connectivity index (χ0) is 20.9. The molecule has 4 rings (SSSR count). The first-order valence-electron chi connectivity index (χ1n) is 9.17. The highest BCUT2D eigenvalue weighted by atomic mass is 32.2. The molecule has 158 valence electrons. The average molecular weight is 431 g/mol. The Kier molecular flexibility index (Phi) is 4.94. The van der Waals surface area contributed by atoms with Gasteiger partial charge in [-0.3, -0.25) is 0 Å². The highest BCUT2D eigenvalue weighted by Crippen LogP contribution is 2.50. The van der Waals surface area contributed by atoms with Crippen molar-refractivity contribution in [1.29, 1.82) is 0 Å². The minimum atomic E-state index is -4.62. The molecule has 11 heteroatoms. The predicted molar refractivity (Wildman–Crippen MR) is 94.5 cm³/mol. The van der Waals surface area contributed by atoms with E-state index in [1.807, 2.05) is 0 Å². The molecular weight excluding hydrogens is 411 g/mol. The average Bonchev–Trinajstić information content (AvgIpc) is 3.26. The van der Waals surface area contributed by atoms with Gasteiger partial charge in [0.2, 0.25) is 15.9 Å². The minimum absolute atomic E-state index is 0.0809. The van der Waals surface area contributed by atoms with Crippen molar-refractivity contribution in [2.75, 3.05) is 26.3 Å². The molecule has 1 aromatic carbocycles. The van der Waals surface area contributed by atoms with Gasteiger partial charge in [-0.05, 0) is 36.5 Å². The summed E-state index contributed by atoms with van der Waals surface area (Å²) in [6, 6.07) is 3.83. The largest absolute Gasteiger partial charge is 0.416 e. The Morgan fingerprint density at radius 1 is 1.24 bits per heavy atom. The summed E-state index contributed by atoms with van der Waals surface area (Å²) in [7, 11) is -4.12. The minimum Gasteiger partial charge on any atom is -0.381 e. The summed E-state index contributed by atoms with van der Waals surface area (Å²) in [6.07, 6.45) is -3.40. The molecule has 7 nitrogen and oxygen atoms in total. The summed E-state index contributed by atoms with van der Waals surface area (Å²) in [5, 5.41) is 3.99. The van der Waals surface area contributed by atoms with Gasteiger partial charge in [0.25, 0.3) is 0 Å². The Balaban J connectivity index is 1.70. The van der Waals surface area contributed by atoms with Crippen LogP contribution in [-0.2, 0) is 20.9 Å². The summed E-state index contributed by atoms with van der Waals surface area (Å²) in [5.74, 6) is 0.483. The fourth-order valence-corrected chi connectivity index (χ4v) is 5.78. The molecule has 2 aliphatic rings. The van der Waals surface area contributed by atoms with E-state index in [0.29, 0.717) is 43.8 Å². The molecule has 0 N–H and O–H groups in total. The lowest BCUT2D eigenvalue weighted by Gasteiger charge is -2.36. The van der Waals surface area contributed by atoms with E-state index in [2.05, 4.69) is 10.1 Å². The highest BCUT2D eigenvalue weighted by Gasteiger charge is 2.53. The molecule has 2 aromatic rings. The lowest BCUT2D eigenvalue weighted by molar-refractivity contribution is -0.137. The Labute approximate surface area is 165 Å². The summed E-state index contributed by atoms with van der Waals surface area (Å²) in [5.41, 5.74) is -1.44. The monoisotopic (exact) mass is 431 g/mol. The second kappa shape index (κ2) is 7.06. The second-order valence-corrected chi connectivity index (χ2v) is 9.46. The van der Waals surface area contributed by atoms with Crippen LogP contribution < -0.4 is 0 Å². The van der Waals surface area contributed by atoms with Crippen LogP contribution in [0.15, 0.2) is 33.7 Å². The van der Waals surface area contributed by atoms with Crippen molar-refractivity contribution in [2.24, 2.45) is 5.41 Å². The molecule has 0 bridgehead atoms. The van der Waals surface area contributed by atoms with Crippen molar-refractivity contribution in [3.05, 3.63) is 41.5 Å². The van der Waals surface area contributed by atoms with Gasteiger partial charge in [0.15, 0.2) is 5.82 Å². The third kappa shape index (κ3) is 3.66. The number of aryl methyl sites for hydroxylation is 1. The summed E-state index contributed by atoms with van der Waals surface area (Å²) in [6.45, 7) is 2.86. The van der Waals surface area contributed by atoms with Crippen molar-refractivity contribution >= 4 is 10.0 Å². The van der Waals surface area contributed by atoms with E-state index in [1.165, 1.54) is 10.4 Å². The van der Waals surface area contributed by atoms with Gasteiger partial charge in [0.05, 0.1) is 10.5 Å². The Morgan fingerprint density at radius 3 is 2.59 bits per heavy atom. The number of sulfonamides is 1. The van der Waals surface area contributed by atoms with Crippen LogP contribution in [0.3, 0.4) is 0 Å². The third-order valence-electron chi connectivity index (χ3n) is 5.76. The van der Waals surface area contributed by atoms with Crippen LogP contribution >= 0.6 is 0 Å². The van der Waals surface area contributed by atoms with Gasteiger partial charge >= 0.3 is 6.18 Å². The number of hydrogen-bond acceptors (Lipinski definition) is 6. The molecule has 2 fully saturated rings. The maximum absolute atomic E-state index is 13.2. The number of hydrogen-bond donors (Lipinski definition) is 0. The molecule has 29 heavy (non-hydrogen) atoms. The zero-order valence-corrected chi connectivity index (χ0v) is 16.5. The number of halogens is 3. The first kappa shape index (κ1) is 20.3. The first-order valence-corrected chi connectivity index (χ1v) is 10.6. The molecule has 0 aliphatic carbocycles.